The Balaban J connectivity index is 1.58. The number of hydrogen-bond acceptors (Lipinski definition) is 3. The molecule has 1 aliphatic heterocycles. The van der Waals surface area contributed by atoms with Gasteiger partial charge in [0.25, 0.3) is 0 Å². The molecule has 19 heavy (non-hydrogen) atoms. The highest BCUT2D eigenvalue weighted by molar-refractivity contribution is 7.99. The molecule has 0 spiro atoms. The standard InChI is InChI=1S/C15H22N2OS/c16-15(18)11-13-7-9-17(12-13)8-4-10-19-14-5-2-1-3-6-14/h1-3,5-6,13H,4,7-12H2,(H2,16,18)/t13-/m0/s1. The zero-order valence-corrected chi connectivity index (χ0v) is 12.1. The van der Waals surface area contributed by atoms with Gasteiger partial charge in [0.1, 0.15) is 0 Å². The number of thioether (sulfide) groups is 1. The van der Waals surface area contributed by atoms with Crippen LogP contribution in [0.5, 0.6) is 0 Å². The van der Waals surface area contributed by atoms with E-state index in [1.807, 2.05) is 17.8 Å². The first-order chi connectivity index (χ1) is 9.24. The molecule has 1 aromatic rings. The fraction of sp³-hybridized carbons (Fsp3) is 0.533. The van der Waals surface area contributed by atoms with E-state index in [0.29, 0.717) is 12.3 Å². The van der Waals surface area contributed by atoms with Crippen molar-refractivity contribution in [3.63, 3.8) is 0 Å². The molecular weight excluding hydrogens is 256 g/mol. The monoisotopic (exact) mass is 278 g/mol. The fourth-order valence-electron chi connectivity index (χ4n) is 2.56. The van der Waals surface area contributed by atoms with E-state index in [1.165, 1.54) is 11.3 Å². The summed E-state index contributed by atoms with van der Waals surface area (Å²) in [6.07, 6.45) is 2.87. The van der Waals surface area contributed by atoms with Crippen LogP contribution < -0.4 is 5.73 Å². The van der Waals surface area contributed by atoms with E-state index in [1.54, 1.807) is 0 Å². The summed E-state index contributed by atoms with van der Waals surface area (Å²) in [6, 6.07) is 10.5. The van der Waals surface area contributed by atoms with Gasteiger partial charge in [-0.1, -0.05) is 18.2 Å². The molecule has 1 atom stereocenters. The van der Waals surface area contributed by atoms with Crippen LogP contribution in [-0.4, -0.2) is 36.2 Å². The van der Waals surface area contributed by atoms with Crippen LogP contribution in [0.4, 0.5) is 0 Å². The minimum atomic E-state index is -0.161. The van der Waals surface area contributed by atoms with E-state index in [9.17, 15) is 4.79 Å². The smallest absolute Gasteiger partial charge is 0.217 e. The average molecular weight is 278 g/mol. The molecule has 4 heteroatoms. The summed E-state index contributed by atoms with van der Waals surface area (Å²) in [5.41, 5.74) is 5.24. The molecule has 2 N–H and O–H groups in total. The van der Waals surface area contributed by atoms with Crippen molar-refractivity contribution in [1.82, 2.24) is 4.90 Å². The molecule has 1 aliphatic rings. The van der Waals surface area contributed by atoms with Crippen molar-refractivity contribution < 1.29 is 4.79 Å². The second kappa shape index (κ2) is 7.56. The first-order valence-corrected chi connectivity index (χ1v) is 7.91. The lowest BCUT2D eigenvalue weighted by atomic mass is 10.1. The molecule has 0 aromatic heterocycles. The SMILES string of the molecule is NC(=O)C[C@@H]1CCN(CCCSc2ccccc2)C1. The maximum atomic E-state index is 10.9. The topological polar surface area (TPSA) is 46.3 Å². The number of hydrogen-bond donors (Lipinski definition) is 1. The third-order valence-electron chi connectivity index (χ3n) is 3.49. The number of primary amides is 1. The first-order valence-electron chi connectivity index (χ1n) is 6.92. The molecule has 0 saturated carbocycles. The molecule has 0 unspecified atom stereocenters. The van der Waals surface area contributed by atoms with E-state index in [0.717, 1.165) is 31.8 Å². The van der Waals surface area contributed by atoms with E-state index in [-0.39, 0.29) is 5.91 Å². The number of carbonyl (C=O) groups excluding carboxylic acids is 1. The van der Waals surface area contributed by atoms with Gasteiger partial charge in [0.2, 0.25) is 5.91 Å². The number of likely N-dealkylation sites (tertiary alicyclic amines) is 1. The Labute approximate surface area is 119 Å². The van der Waals surface area contributed by atoms with Gasteiger partial charge in [-0.2, -0.15) is 0 Å². The minimum Gasteiger partial charge on any atom is -0.370 e. The van der Waals surface area contributed by atoms with Crippen molar-refractivity contribution >= 4 is 17.7 Å². The zero-order valence-electron chi connectivity index (χ0n) is 11.3. The number of rotatable bonds is 7. The largest absolute Gasteiger partial charge is 0.370 e. The summed E-state index contributed by atoms with van der Waals surface area (Å²) in [6.45, 7) is 3.29. The third kappa shape index (κ3) is 5.25. The number of amides is 1. The molecule has 1 saturated heterocycles. The lowest BCUT2D eigenvalue weighted by Crippen LogP contribution is -2.24. The molecule has 1 amide bonds. The van der Waals surface area contributed by atoms with E-state index >= 15 is 0 Å². The van der Waals surface area contributed by atoms with Crippen LogP contribution in [0.25, 0.3) is 0 Å². The molecule has 1 fully saturated rings. The minimum absolute atomic E-state index is 0.161. The molecule has 104 valence electrons. The summed E-state index contributed by atoms with van der Waals surface area (Å²) in [5, 5.41) is 0. The van der Waals surface area contributed by atoms with Crippen molar-refractivity contribution in [2.75, 3.05) is 25.4 Å². The van der Waals surface area contributed by atoms with Gasteiger partial charge in [-0.3, -0.25) is 4.79 Å². The summed E-state index contributed by atoms with van der Waals surface area (Å²) >= 11 is 1.91. The highest BCUT2D eigenvalue weighted by atomic mass is 32.2. The Morgan fingerprint density at radius 1 is 1.37 bits per heavy atom. The van der Waals surface area contributed by atoms with Crippen LogP contribution in [0.3, 0.4) is 0 Å². The fourth-order valence-corrected chi connectivity index (χ4v) is 3.42. The molecule has 2 rings (SSSR count). The Morgan fingerprint density at radius 3 is 2.89 bits per heavy atom. The van der Waals surface area contributed by atoms with Gasteiger partial charge in [0, 0.05) is 17.9 Å². The summed E-state index contributed by atoms with van der Waals surface area (Å²) < 4.78 is 0. The quantitative estimate of drug-likeness (QED) is 0.615. The van der Waals surface area contributed by atoms with Gasteiger partial charge in [-0.05, 0) is 49.7 Å². The van der Waals surface area contributed by atoms with Crippen molar-refractivity contribution in [3.05, 3.63) is 30.3 Å². The predicted molar refractivity (Wildman–Crippen MR) is 80.1 cm³/mol. The predicted octanol–water partition coefficient (Wildman–Crippen LogP) is 2.37. The second-order valence-electron chi connectivity index (χ2n) is 5.14. The molecule has 3 nitrogen and oxygen atoms in total. The van der Waals surface area contributed by atoms with E-state index in [2.05, 4.69) is 29.2 Å². The normalized spacial score (nSPS) is 19.7. The average Bonchev–Trinajstić information content (AvgIpc) is 2.83. The highest BCUT2D eigenvalue weighted by Gasteiger charge is 2.23. The van der Waals surface area contributed by atoms with Crippen LogP contribution >= 0.6 is 11.8 Å². The van der Waals surface area contributed by atoms with Gasteiger partial charge in [0.05, 0.1) is 0 Å². The zero-order chi connectivity index (χ0) is 13.5. The molecule has 0 bridgehead atoms. The number of nitrogens with zero attached hydrogens (tertiary/aromatic N) is 1. The third-order valence-corrected chi connectivity index (χ3v) is 4.59. The number of nitrogens with two attached hydrogens (primary N) is 1. The van der Waals surface area contributed by atoms with Gasteiger partial charge in [-0.25, -0.2) is 0 Å². The van der Waals surface area contributed by atoms with Gasteiger partial charge < -0.3 is 10.6 Å². The Kier molecular flexibility index (Phi) is 5.73. The highest BCUT2D eigenvalue weighted by Crippen LogP contribution is 2.21. The van der Waals surface area contributed by atoms with Crippen LogP contribution in [0.2, 0.25) is 0 Å². The summed E-state index contributed by atoms with van der Waals surface area (Å²) in [5.74, 6) is 1.48. The van der Waals surface area contributed by atoms with E-state index in [4.69, 9.17) is 5.73 Å². The molecule has 1 heterocycles. The van der Waals surface area contributed by atoms with Gasteiger partial charge in [-0.15, -0.1) is 11.8 Å². The Morgan fingerprint density at radius 2 is 2.16 bits per heavy atom. The lowest BCUT2D eigenvalue weighted by molar-refractivity contribution is -0.118. The van der Waals surface area contributed by atoms with Crippen molar-refractivity contribution in [1.29, 1.82) is 0 Å². The maximum absolute atomic E-state index is 10.9. The molecular formula is C15H22N2OS. The maximum Gasteiger partial charge on any atom is 0.217 e. The molecule has 1 aromatic carbocycles. The van der Waals surface area contributed by atoms with E-state index < -0.39 is 0 Å². The summed E-state index contributed by atoms with van der Waals surface area (Å²) in [4.78, 5) is 14.7. The van der Waals surface area contributed by atoms with Gasteiger partial charge in [0.15, 0.2) is 0 Å². The first kappa shape index (κ1) is 14.4. The van der Waals surface area contributed by atoms with Crippen molar-refractivity contribution in [3.8, 4) is 0 Å². The van der Waals surface area contributed by atoms with Crippen LogP contribution in [-0.2, 0) is 4.79 Å². The van der Waals surface area contributed by atoms with Crippen LogP contribution in [0.1, 0.15) is 19.3 Å². The second-order valence-corrected chi connectivity index (χ2v) is 6.31. The van der Waals surface area contributed by atoms with Gasteiger partial charge >= 0.3 is 0 Å². The van der Waals surface area contributed by atoms with Crippen molar-refractivity contribution in [2.45, 2.75) is 24.2 Å². The van der Waals surface area contributed by atoms with Crippen LogP contribution in [0, 0.1) is 5.92 Å². The molecule has 0 aliphatic carbocycles. The number of benzene rings is 1. The Bertz CT molecular complexity index is 396. The van der Waals surface area contributed by atoms with Crippen LogP contribution in [0.15, 0.2) is 35.2 Å². The number of carbonyl (C=O) groups is 1. The Hall–Kier alpha value is -1.00. The van der Waals surface area contributed by atoms with Crippen molar-refractivity contribution in [2.24, 2.45) is 11.7 Å². The lowest BCUT2D eigenvalue weighted by Gasteiger charge is -2.15. The summed E-state index contributed by atoms with van der Waals surface area (Å²) in [7, 11) is 0. The molecule has 0 radical (unpaired) electrons.